The molecule has 2 amide bonds. The Bertz CT molecular complexity index is 1460. The molecule has 6 rings (SSSR count). The fraction of sp³-hybridized carbons (Fsp3) is 0.643. The van der Waals surface area contributed by atoms with E-state index in [9.17, 15) is 9.59 Å². The second kappa shape index (κ2) is 24.0. The van der Waals surface area contributed by atoms with Gasteiger partial charge in [0.15, 0.2) is 0 Å². The van der Waals surface area contributed by atoms with Gasteiger partial charge in [-0.3, -0.25) is 0 Å². The maximum atomic E-state index is 12.2. The van der Waals surface area contributed by atoms with Gasteiger partial charge in [-0.05, 0) is 118 Å². The van der Waals surface area contributed by atoms with Crippen molar-refractivity contribution in [2.24, 2.45) is 0 Å². The minimum absolute atomic E-state index is 0.103. The molecule has 4 fully saturated rings. The van der Waals surface area contributed by atoms with Gasteiger partial charge in [0.05, 0.1) is 5.02 Å². The summed E-state index contributed by atoms with van der Waals surface area (Å²) in [6, 6.07) is 11.6. The number of benzene rings is 2. The molecular weight excluding hydrogens is 925 g/mol. The van der Waals surface area contributed by atoms with Crippen molar-refractivity contribution >= 4 is 64.9 Å². The van der Waals surface area contributed by atoms with Gasteiger partial charge in [-0.25, -0.2) is 9.59 Å². The van der Waals surface area contributed by atoms with Gasteiger partial charge in [-0.15, -0.1) is 0 Å². The number of carbonyl (C=O) groups excluding carboxylic acids is 2. The van der Waals surface area contributed by atoms with Crippen LogP contribution >= 0.6 is 52.8 Å². The first-order valence-corrected chi connectivity index (χ1v) is 28.2. The van der Waals surface area contributed by atoms with Crippen LogP contribution in [0, 0.1) is 6.42 Å². The van der Waals surface area contributed by atoms with E-state index in [1.165, 1.54) is 73.3 Å². The van der Waals surface area contributed by atoms with E-state index in [1.807, 2.05) is 65.8 Å². The quantitative estimate of drug-likeness (QED) is 0.219. The fourth-order valence-electron chi connectivity index (χ4n) is 6.77. The summed E-state index contributed by atoms with van der Waals surface area (Å²) in [7, 11) is 0. The number of nitrogens with zero attached hydrogens (tertiary/aromatic N) is 2. The third-order valence-electron chi connectivity index (χ3n) is 9.51. The first-order chi connectivity index (χ1) is 26.1. The normalized spacial score (nSPS) is 18.2. The van der Waals surface area contributed by atoms with Crippen LogP contribution in [0.5, 0.6) is 11.5 Å². The molecule has 0 atom stereocenters. The van der Waals surface area contributed by atoms with Crippen LogP contribution in [0.15, 0.2) is 40.9 Å². The van der Waals surface area contributed by atoms with Crippen molar-refractivity contribution in [3.8, 4) is 11.5 Å². The van der Waals surface area contributed by atoms with Gasteiger partial charge in [-0.2, -0.15) is 12.8 Å². The third-order valence-corrected chi connectivity index (χ3v) is 11.1. The van der Waals surface area contributed by atoms with Crippen molar-refractivity contribution in [1.82, 2.24) is 9.80 Å². The number of hydrogen-bond donors (Lipinski definition) is 0. The Morgan fingerprint density at radius 2 is 1.09 bits per heavy atom. The number of amides is 2. The number of likely N-dealkylation sites (tertiary alicyclic amines) is 2. The number of piperidine rings is 2. The molecule has 2 aromatic rings. The van der Waals surface area contributed by atoms with Gasteiger partial charge in [0.1, 0.15) is 34.9 Å². The molecule has 4 aliphatic rings. The van der Waals surface area contributed by atoms with Gasteiger partial charge >= 0.3 is 42.2 Å². The molecule has 0 radical (unpaired) electrons. The van der Waals surface area contributed by atoms with Crippen LogP contribution in [0.25, 0.3) is 0 Å². The van der Waals surface area contributed by atoms with E-state index in [2.05, 4.69) is 42.0 Å². The molecule has 0 bridgehead atoms. The monoisotopic (exact) mass is 980 g/mol. The van der Waals surface area contributed by atoms with Crippen molar-refractivity contribution in [1.29, 1.82) is 0 Å². The van der Waals surface area contributed by atoms with Crippen LogP contribution in [0.4, 0.5) is 9.59 Å². The summed E-state index contributed by atoms with van der Waals surface area (Å²) in [6.07, 6.45) is 16.0. The predicted octanol–water partition coefficient (Wildman–Crippen LogP) is 13.3. The first kappa shape index (κ1) is 48.1. The van der Waals surface area contributed by atoms with Crippen molar-refractivity contribution in [2.45, 2.75) is 148 Å². The Morgan fingerprint density at radius 1 is 0.673 bits per heavy atom. The Morgan fingerprint density at radius 3 is 1.47 bits per heavy atom. The van der Waals surface area contributed by atoms with E-state index in [-0.39, 0.29) is 24.4 Å². The first-order valence-electron chi connectivity index (χ1n) is 19.7. The van der Waals surface area contributed by atoms with Gasteiger partial charge < -0.3 is 35.2 Å². The van der Waals surface area contributed by atoms with E-state index in [4.69, 9.17) is 42.1 Å². The molecule has 0 unspecified atom stereocenters. The van der Waals surface area contributed by atoms with E-state index in [0.717, 1.165) is 46.7 Å². The second-order valence-corrected chi connectivity index (χ2v) is 18.1. The Hall–Kier alpha value is -1.26. The van der Waals surface area contributed by atoms with E-state index >= 15 is 0 Å². The summed E-state index contributed by atoms with van der Waals surface area (Å²) in [6.45, 7) is 13.9. The molecule has 2 saturated heterocycles. The zero-order chi connectivity index (χ0) is 40.6. The van der Waals surface area contributed by atoms with Crippen molar-refractivity contribution in [2.75, 3.05) is 26.2 Å². The predicted molar refractivity (Wildman–Crippen MR) is 226 cm³/mol. The van der Waals surface area contributed by atoms with E-state index in [0.29, 0.717) is 37.1 Å². The third kappa shape index (κ3) is 18.0. The van der Waals surface area contributed by atoms with Crippen LogP contribution in [0.2, 0.25) is 10.0 Å². The molecule has 2 heterocycles. The molecule has 2 saturated carbocycles. The summed E-state index contributed by atoms with van der Waals surface area (Å²) >= 11 is 20.0. The number of carbonyl (C=O) groups is 2. The van der Waals surface area contributed by atoms with E-state index in [1.54, 1.807) is 15.9 Å². The molecule has 2 aromatic carbocycles. The molecule has 304 valence electrons. The van der Waals surface area contributed by atoms with Gasteiger partial charge in [0.2, 0.25) is 0 Å². The SMILES string of the molecule is CC(C)(C)OC(=O)N1CCC(Oc2ccc(Cl)c(Br)c2)CC1.CC(C)(C)OC(=O)N1CCC(Oc2ccc(Cl)c(C3CCCC3)c2)CC1.[CH-]1CCCC1.[Zn+][Br]. The van der Waals surface area contributed by atoms with Crippen molar-refractivity contribution < 1.29 is 44.9 Å². The Balaban J connectivity index is 0.000000254. The molecule has 55 heavy (non-hydrogen) atoms. The Labute approximate surface area is 365 Å². The number of ether oxygens (including phenoxy) is 4. The molecule has 0 aromatic heterocycles. The number of hydrogen-bond acceptors (Lipinski definition) is 6. The number of rotatable bonds is 5. The summed E-state index contributed by atoms with van der Waals surface area (Å²) < 4.78 is 23.8. The fourth-order valence-corrected chi connectivity index (χ4v) is 7.51. The van der Waals surface area contributed by atoms with Crippen LogP contribution in [-0.2, 0) is 25.8 Å². The summed E-state index contributed by atoms with van der Waals surface area (Å²) in [5, 5.41) is 1.51. The minimum atomic E-state index is -0.458. The van der Waals surface area contributed by atoms with Gasteiger partial charge in [0, 0.05) is 61.4 Å². The average Bonchev–Trinajstić information content (AvgIpc) is 3.90. The number of halogens is 4. The molecular formula is C42H60Br2Cl2N2O6Zn. The average molecular weight is 985 g/mol. The Kier molecular flexibility index (Phi) is 21.0. The standard InChI is InChI=1S/C21H30ClNO3.C16H21BrClNO3.C5H9.BrH.Zn/c1-21(2,3)26-20(24)23-12-10-16(11-13-23)25-17-8-9-19(22)18(14-17)15-6-4-5-7-15;1-16(2,3)22-15(20)19-8-6-11(7-9-19)21-12-4-5-14(18)13(17)10-12;1-2-4-5-3-1;;/h8-9,14-16H,4-7,10-13H2,1-3H3;4-5,10-11H,6-9H2,1-3H3;1H,2-5H2;1H;/q;;-1;;+2/p-1. The topological polar surface area (TPSA) is 77.5 Å². The molecule has 2 aliphatic carbocycles. The van der Waals surface area contributed by atoms with Crippen molar-refractivity contribution in [3.63, 3.8) is 0 Å². The van der Waals surface area contributed by atoms with Crippen LogP contribution in [0.1, 0.15) is 130 Å². The van der Waals surface area contributed by atoms with Crippen LogP contribution in [-0.4, -0.2) is 71.6 Å². The summed E-state index contributed by atoms with van der Waals surface area (Å²) in [5.74, 6) is 2.25. The van der Waals surface area contributed by atoms with Crippen LogP contribution < -0.4 is 9.47 Å². The zero-order valence-corrected chi connectivity index (χ0v) is 41.3. The summed E-state index contributed by atoms with van der Waals surface area (Å²) in [4.78, 5) is 27.7. The van der Waals surface area contributed by atoms with Gasteiger partial charge in [-0.1, -0.05) is 48.9 Å². The maximum absolute atomic E-state index is 12.2. The molecule has 0 N–H and O–H groups in total. The molecule has 2 aliphatic heterocycles. The molecule has 8 nitrogen and oxygen atoms in total. The van der Waals surface area contributed by atoms with Gasteiger partial charge in [0.25, 0.3) is 0 Å². The van der Waals surface area contributed by atoms with E-state index < -0.39 is 11.2 Å². The zero-order valence-electron chi connectivity index (χ0n) is 33.7. The second-order valence-electron chi connectivity index (χ2n) is 16.4. The molecule has 13 heteroatoms. The van der Waals surface area contributed by atoms with Crippen molar-refractivity contribution in [3.05, 3.63) is 62.9 Å². The van der Waals surface area contributed by atoms with Crippen LogP contribution in [0.3, 0.4) is 0 Å². The molecule has 0 spiro atoms. The summed E-state index contributed by atoms with van der Waals surface area (Å²) in [5.41, 5.74) is 0.317.